The zero-order valence-electron chi connectivity index (χ0n) is 13.5. The minimum absolute atomic E-state index is 0.0935. The molecule has 0 aliphatic heterocycles. The molecule has 0 unspecified atom stereocenters. The number of carbonyl (C=O) groups is 1. The van der Waals surface area contributed by atoms with Crippen LogP contribution in [0.2, 0.25) is 5.02 Å². The summed E-state index contributed by atoms with van der Waals surface area (Å²) in [7, 11) is 0. The molecule has 0 saturated carbocycles. The molecule has 1 N–H and O–H groups in total. The van der Waals surface area contributed by atoms with Crippen LogP contribution in [0.3, 0.4) is 0 Å². The highest BCUT2D eigenvalue weighted by Crippen LogP contribution is 2.25. The molecule has 0 atom stereocenters. The average molecular weight is 374 g/mol. The standard InChI is InChI=1S/C18H16ClN3O2S/c1-25-15-8-3-2-7-14(15)20-16(23)9-10-17-21-18(22-24-17)12-5-4-6-13(19)11-12/h2-8,11H,9-10H2,1H3,(H,20,23). The van der Waals surface area contributed by atoms with E-state index in [1.54, 1.807) is 23.9 Å². The molecule has 128 valence electrons. The van der Waals surface area contributed by atoms with Crippen LogP contribution in [0.1, 0.15) is 12.3 Å². The molecule has 0 aliphatic carbocycles. The summed E-state index contributed by atoms with van der Waals surface area (Å²) in [5.41, 5.74) is 1.59. The molecular formula is C18H16ClN3O2S. The van der Waals surface area contributed by atoms with Gasteiger partial charge in [-0.25, -0.2) is 0 Å². The van der Waals surface area contributed by atoms with E-state index in [0.717, 1.165) is 16.1 Å². The highest BCUT2D eigenvalue weighted by atomic mass is 35.5. The van der Waals surface area contributed by atoms with Crippen molar-refractivity contribution in [2.75, 3.05) is 11.6 Å². The Morgan fingerprint density at radius 2 is 2.08 bits per heavy atom. The fourth-order valence-electron chi connectivity index (χ4n) is 2.28. The van der Waals surface area contributed by atoms with Crippen molar-refractivity contribution in [2.45, 2.75) is 17.7 Å². The van der Waals surface area contributed by atoms with Gasteiger partial charge in [0.25, 0.3) is 0 Å². The number of amides is 1. The molecule has 0 spiro atoms. The number of anilines is 1. The first-order valence-electron chi connectivity index (χ1n) is 7.67. The summed E-state index contributed by atoms with van der Waals surface area (Å²) in [4.78, 5) is 17.5. The van der Waals surface area contributed by atoms with Crippen molar-refractivity contribution in [1.29, 1.82) is 0 Å². The number of aromatic nitrogens is 2. The van der Waals surface area contributed by atoms with Gasteiger partial charge in [-0.15, -0.1) is 11.8 Å². The van der Waals surface area contributed by atoms with Crippen molar-refractivity contribution in [3.05, 3.63) is 59.4 Å². The molecule has 3 rings (SSSR count). The minimum atomic E-state index is -0.0935. The van der Waals surface area contributed by atoms with Crippen molar-refractivity contribution in [3.63, 3.8) is 0 Å². The molecule has 7 heteroatoms. The zero-order chi connectivity index (χ0) is 17.6. The molecule has 0 bridgehead atoms. The van der Waals surface area contributed by atoms with E-state index in [9.17, 15) is 4.79 Å². The van der Waals surface area contributed by atoms with Gasteiger partial charge in [-0.2, -0.15) is 4.98 Å². The van der Waals surface area contributed by atoms with Crippen LogP contribution in [0.25, 0.3) is 11.4 Å². The second kappa shape index (κ2) is 8.18. The molecule has 1 amide bonds. The van der Waals surface area contributed by atoms with E-state index in [4.69, 9.17) is 16.1 Å². The van der Waals surface area contributed by atoms with Gasteiger partial charge in [0.2, 0.25) is 17.6 Å². The average Bonchev–Trinajstić information content (AvgIpc) is 3.09. The third-order valence-electron chi connectivity index (χ3n) is 3.50. The maximum absolute atomic E-state index is 12.1. The van der Waals surface area contributed by atoms with Crippen LogP contribution in [-0.2, 0) is 11.2 Å². The number of hydrogen-bond donors (Lipinski definition) is 1. The third-order valence-corrected chi connectivity index (χ3v) is 4.53. The lowest BCUT2D eigenvalue weighted by molar-refractivity contribution is -0.116. The van der Waals surface area contributed by atoms with E-state index in [1.165, 1.54) is 0 Å². The molecule has 0 fully saturated rings. The Labute approximate surface area is 154 Å². The lowest BCUT2D eigenvalue weighted by Crippen LogP contribution is -2.13. The number of rotatable bonds is 6. The van der Waals surface area contributed by atoms with Crippen molar-refractivity contribution < 1.29 is 9.32 Å². The van der Waals surface area contributed by atoms with Gasteiger partial charge in [0.15, 0.2) is 0 Å². The molecule has 25 heavy (non-hydrogen) atoms. The number of carbonyl (C=O) groups excluding carboxylic acids is 1. The maximum atomic E-state index is 12.1. The maximum Gasteiger partial charge on any atom is 0.227 e. The third kappa shape index (κ3) is 4.61. The number of nitrogens with zero attached hydrogens (tertiary/aromatic N) is 2. The van der Waals surface area contributed by atoms with Crippen molar-refractivity contribution in [2.24, 2.45) is 0 Å². The SMILES string of the molecule is CSc1ccccc1NC(=O)CCc1nc(-c2cccc(Cl)c2)no1. The summed E-state index contributed by atoms with van der Waals surface area (Å²) in [6.07, 6.45) is 2.61. The second-order valence-electron chi connectivity index (χ2n) is 5.27. The first kappa shape index (κ1) is 17.5. The minimum Gasteiger partial charge on any atom is -0.339 e. The number of nitrogens with one attached hydrogen (secondary N) is 1. The van der Waals surface area contributed by atoms with E-state index in [0.29, 0.717) is 23.2 Å². The molecule has 0 saturated heterocycles. The van der Waals surface area contributed by atoms with Crippen LogP contribution in [0.15, 0.2) is 57.9 Å². The quantitative estimate of drug-likeness (QED) is 0.635. The Morgan fingerprint density at radius 1 is 1.24 bits per heavy atom. The molecule has 1 heterocycles. The number of aryl methyl sites for hydroxylation is 1. The summed E-state index contributed by atoms with van der Waals surface area (Å²) in [6.45, 7) is 0. The predicted molar refractivity (Wildman–Crippen MR) is 99.9 cm³/mol. The van der Waals surface area contributed by atoms with Crippen LogP contribution >= 0.6 is 23.4 Å². The lowest BCUT2D eigenvalue weighted by atomic mass is 10.2. The number of thioether (sulfide) groups is 1. The Kier molecular flexibility index (Phi) is 5.73. The summed E-state index contributed by atoms with van der Waals surface area (Å²) >= 11 is 7.55. The molecule has 0 aliphatic rings. The van der Waals surface area contributed by atoms with Crippen LogP contribution in [-0.4, -0.2) is 22.3 Å². The summed E-state index contributed by atoms with van der Waals surface area (Å²) < 4.78 is 5.22. The lowest BCUT2D eigenvalue weighted by Gasteiger charge is -2.08. The highest BCUT2D eigenvalue weighted by molar-refractivity contribution is 7.98. The van der Waals surface area contributed by atoms with Crippen molar-refractivity contribution >= 4 is 35.0 Å². The highest BCUT2D eigenvalue weighted by Gasteiger charge is 2.12. The Bertz CT molecular complexity index is 882. The van der Waals surface area contributed by atoms with Gasteiger partial charge in [-0.3, -0.25) is 4.79 Å². The van der Waals surface area contributed by atoms with Crippen LogP contribution in [0.5, 0.6) is 0 Å². The van der Waals surface area contributed by atoms with E-state index in [1.807, 2.05) is 42.7 Å². The largest absolute Gasteiger partial charge is 0.339 e. The first-order chi connectivity index (χ1) is 12.2. The molecule has 5 nitrogen and oxygen atoms in total. The molecule has 3 aromatic rings. The van der Waals surface area contributed by atoms with Crippen LogP contribution < -0.4 is 5.32 Å². The Hall–Kier alpha value is -2.31. The predicted octanol–water partition coefficient (Wildman–Crippen LogP) is 4.68. The summed E-state index contributed by atoms with van der Waals surface area (Å²) in [6, 6.07) is 14.9. The van der Waals surface area contributed by atoms with Gasteiger partial charge in [0.05, 0.1) is 5.69 Å². The van der Waals surface area contributed by atoms with Gasteiger partial charge >= 0.3 is 0 Å². The van der Waals surface area contributed by atoms with E-state index in [-0.39, 0.29) is 12.3 Å². The van der Waals surface area contributed by atoms with Gasteiger partial charge in [0.1, 0.15) is 0 Å². The zero-order valence-corrected chi connectivity index (χ0v) is 15.1. The van der Waals surface area contributed by atoms with E-state index in [2.05, 4.69) is 15.5 Å². The Balaban J connectivity index is 1.59. The Morgan fingerprint density at radius 3 is 2.88 bits per heavy atom. The topological polar surface area (TPSA) is 68.0 Å². The van der Waals surface area contributed by atoms with Gasteiger partial charge in [0, 0.05) is 28.3 Å². The first-order valence-corrected chi connectivity index (χ1v) is 9.27. The summed E-state index contributed by atoms with van der Waals surface area (Å²) in [5.74, 6) is 0.790. The van der Waals surface area contributed by atoms with Gasteiger partial charge in [-0.05, 0) is 30.5 Å². The molecule has 1 aromatic heterocycles. The van der Waals surface area contributed by atoms with Crippen LogP contribution in [0.4, 0.5) is 5.69 Å². The van der Waals surface area contributed by atoms with E-state index >= 15 is 0 Å². The number of benzene rings is 2. The van der Waals surface area contributed by atoms with Gasteiger partial charge in [-0.1, -0.05) is 41.0 Å². The van der Waals surface area contributed by atoms with Crippen LogP contribution in [0, 0.1) is 0 Å². The fraction of sp³-hybridized carbons (Fsp3) is 0.167. The fourth-order valence-corrected chi connectivity index (χ4v) is 3.03. The van der Waals surface area contributed by atoms with E-state index < -0.39 is 0 Å². The van der Waals surface area contributed by atoms with Gasteiger partial charge < -0.3 is 9.84 Å². The molecular weight excluding hydrogens is 358 g/mol. The molecule has 2 aromatic carbocycles. The normalized spacial score (nSPS) is 10.6. The second-order valence-corrected chi connectivity index (χ2v) is 6.56. The number of halogens is 1. The summed E-state index contributed by atoms with van der Waals surface area (Å²) in [5, 5.41) is 7.45. The smallest absolute Gasteiger partial charge is 0.227 e. The number of hydrogen-bond acceptors (Lipinski definition) is 5. The number of para-hydroxylation sites is 1. The molecule has 0 radical (unpaired) electrons. The monoisotopic (exact) mass is 373 g/mol. The van der Waals surface area contributed by atoms with Crippen molar-refractivity contribution in [1.82, 2.24) is 10.1 Å². The van der Waals surface area contributed by atoms with Crippen molar-refractivity contribution in [3.8, 4) is 11.4 Å².